The molecule has 0 N–H and O–H groups in total. The van der Waals surface area contributed by atoms with Gasteiger partial charge < -0.3 is 4.74 Å². The van der Waals surface area contributed by atoms with Crippen LogP contribution in [0.15, 0.2) is 0 Å². The number of ether oxygens (including phenoxy) is 1. The molecule has 1 saturated heterocycles. The van der Waals surface area contributed by atoms with Gasteiger partial charge in [0.25, 0.3) is 0 Å². The van der Waals surface area contributed by atoms with Crippen LogP contribution in [0.4, 0.5) is 0 Å². The van der Waals surface area contributed by atoms with E-state index in [1.165, 1.54) is 11.8 Å². The summed E-state index contributed by atoms with van der Waals surface area (Å²) in [6, 6.07) is -0.353. The molecular weight excluding hydrogens is 144 g/mol. The topological polar surface area (TPSA) is 53.3 Å². The van der Waals surface area contributed by atoms with E-state index in [-0.39, 0.29) is 11.8 Å². The third-order valence-corrected chi connectivity index (χ3v) is 1.73. The Balaban J connectivity index is 2.60. The number of rotatable bonds is 1. The molecule has 1 aliphatic heterocycles. The number of nitriles is 1. The minimum Gasteiger partial charge on any atom is -0.377 e. The van der Waals surface area contributed by atoms with Crippen LogP contribution < -0.4 is 0 Å². The molecule has 1 aliphatic rings. The van der Waals surface area contributed by atoms with Crippen LogP contribution in [0.3, 0.4) is 0 Å². The molecular formula is C7H10N2O2. The number of carbonyl (C=O) groups is 1. The second kappa shape index (κ2) is 3.35. The lowest BCUT2D eigenvalue weighted by Gasteiger charge is -2.28. The maximum absolute atomic E-state index is 10.9. The molecule has 1 heterocycles. The predicted octanol–water partition coefficient (Wildman–Crippen LogP) is -0.243. The van der Waals surface area contributed by atoms with Gasteiger partial charge in [-0.05, 0) is 6.92 Å². The molecule has 0 aromatic rings. The van der Waals surface area contributed by atoms with E-state index in [1.54, 1.807) is 0 Å². The summed E-state index contributed by atoms with van der Waals surface area (Å²) in [6.45, 7) is 2.89. The smallest absolute Gasteiger partial charge is 0.180 e. The molecule has 4 heteroatoms. The van der Waals surface area contributed by atoms with Crippen molar-refractivity contribution in [1.82, 2.24) is 4.90 Å². The van der Waals surface area contributed by atoms with Crippen molar-refractivity contribution in [2.75, 3.05) is 19.8 Å². The molecule has 0 aromatic carbocycles. The van der Waals surface area contributed by atoms with E-state index >= 15 is 0 Å². The third kappa shape index (κ3) is 1.69. The normalized spacial score (nSPS) is 24.4. The number of nitrogens with zero attached hydrogens (tertiary/aromatic N) is 2. The Bertz CT molecular complexity index is 197. The first kappa shape index (κ1) is 8.02. The van der Waals surface area contributed by atoms with Crippen LogP contribution in [0, 0.1) is 11.5 Å². The van der Waals surface area contributed by atoms with Gasteiger partial charge in [-0.15, -0.1) is 0 Å². The van der Waals surface area contributed by atoms with Gasteiger partial charge in [-0.1, -0.05) is 0 Å². The zero-order valence-corrected chi connectivity index (χ0v) is 6.41. The van der Waals surface area contributed by atoms with Crippen LogP contribution in [0.1, 0.15) is 6.92 Å². The van der Waals surface area contributed by atoms with Gasteiger partial charge in [0.2, 0.25) is 0 Å². The summed E-state index contributed by atoms with van der Waals surface area (Å²) in [5, 5.41) is 8.58. The van der Waals surface area contributed by atoms with Crippen molar-refractivity contribution in [3.8, 4) is 6.19 Å². The van der Waals surface area contributed by atoms with Crippen LogP contribution in [0.5, 0.6) is 0 Å². The molecule has 60 valence electrons. The Kier molecular flexibility index (Phi) is 2.44. The largest absolute Gasteiger partial charge is 0.377 e. The molecule has 0 aliphatic carbocycles. The molecule has 0 spiro atoms. The maximum Gasteiger partial charge on any atom is 0.180 e. The third-order valence-electron chi connectivity index (χ3n) is 1.73. The van der Waals surface area contributed by atoms with E-state index in [9.17, 15) is 4.79 Å². The monoisotopic (exact) mass is 154 g/mol. The quantitative estimate of drug-likeness (QED) is 0.489. The van der Waals surface area contributed by atoms with Gasteiger partial charge in [0, 0.05) is 0 Å². The van der Waals surface area contributed by atoms with Gasteiger partial charge in [0.05, 0.1) is 19.8 Å². The average Bonchev–Trinajstić information content (AvgIpc) is 2.04. The van der Waals surface area contributed by atoms with E-state index in [0.29, 0.717) is 19.8 Å². The lowest BCUT2D eigenvalue weighted by Crippen LogP contribution is -2.46. The fraction of sp³-hybridized carbons (Fsp3) is 0.714. The van der Waals surface area contributed by atoms with E-state index in [0.717, 1.165) is 0 Å². The first-order chi connectivity index (χ1) is 5.25. The number of morpholine rings is 1. The number of hydrogen-bond acceptors (Lipinski definition) is 4. The van der Waals surface area contributed by atoms with Gasteiger partial charge in [-0.2, -0.15) is 5.26 Å². The summed E-state index contributed by atoms with van der Waals surface area (Å²) in [5.41, 5.74) is 0. The van der Waals surface area contributed by atoms with Gasteiger partial charge in [0.1, 0.15) is 6.04 Å². The predicted molar refractivity (Wildman–Crippen MR) is 37.6 cm³/mol. The fourth-order valence-corrected chi connectivity index (χ4v) is 1.06. The van der Waals surface area contributed by atoms with E-state index in [2.05, 4.69) is 0 Å². The molecule has 11 heavy (non-hydrogen) atoms. The van der Waals surface area contributed by atoms with Crippen molar-refractivity contribution >= 4 is 5.78 Å². The summed E-state index contributed by atoms with van der Waals surface area (Å²) in [5.74, 6) is -0.00810. The van der Waals surface area contributed by atoms with Crippen molar-refractivity contribution in [1.29, 1.82) is 5.26 Å². The van der Waals surface area contributed by atoms with Gasteiger partial charge in [0.15, 0.2) is 12.0 Å². The van der Waals surface area contributed by atoms with Crippen molar-refractivity contribution < 1.29 is 9.53 Å². The molecule has 1 rings (SSSR count). The number of ketones is 1. The minimum absolute atomic E-state index is 0.00810. The molecule has 0 aromatic heterocycles. The highest BCUT2D eigenvalue weighted by atomic mass is 16.5. The van der Waals surface area contributed by atoms with Crippen LogP contribution in [-0.4, -0.2) is 36.5 Å². The SMILES string of the molecule is CC(=O)C1COCCN1C#N. The molecule has 0 amide bonds. The minimum atomic E-state index is -0.353. The summed E-state index contributed by atoms with van der Waals surface area (Å²) in [4.78, 5) is 12.4. The lowest BCUT2D eigenvalue weighted by atomic mass is 10.2. The zero-order valence-electron chi connectivity index (χ0n) is 6.41. The first-order valence-electron chi connectivity index (χ1n) is 3.50. The Morgan fingerprint density at radius 3 is 3.00 bits per heavy atom. The lowest BCUT2D eigenvalue weighted by molar-refractivity contribution is -0.125. The molecule has 4 nitrogen and oxygen atoms in total. The summed E-state index contributed by atoms with van der Waals surface area (Å²) >= 11 is 0. The molecule has 1 atom stereocenters. The van der Waals surface area contributed by atoms with E-state index < -0.39 is 0 Å². The summed E-state index contributed by atoms with van der Waals surface area (Å²) in [7, 11) is 0. The second-order valence-corrected chi connectivity index (χ2v) is 2.49. The average molecular weight is 154 g/mol. The van der Waals surface area contributed by atoms with Crippen molar-refractivity contribution in [3.05, 3.63) is 0 Å². The van der Waals surface area contributed by atoms with Gasteiger partial charge in [-0.3, -0.25) is 9.69 Å². The molecule has 1 fully saturated rings. The van der Waals surface area contributed by atoms with Crippen LogP contribution in [-0.2, 0) is 9.53 Å². The molecule has 0 saturated carbocycles. The van der Waals surface area contributed by atoms with Crippen molar-refractivity contribution in [2.45, 2.75) is 13.0 Å². The Labute approximate surface area is 65.4 Å². The van der Waals surface area contributed by atoms with Crippen molar-refractivity contribution in [3.63, 3.8) is 0 Å². The molecule has 0 bridgehead atoms. The summed E-state index contributed by atoms with van der Waals surface area (Å²) < 4.78 is 5.06. The van der Waals surface area contributed by atoms with Crippen LogP contribution >= 0.6 is 0 Å². The fourth-order valence-electron chi connectivity index (χ4n) is 1.06. The summed E-state index contributed by atoms with van der Waals surface area (Å²) in [6.07, 6.45) is 1.97. The maximum atomic E-state index is 10.9. The second-order valence-electron chi connectivity index (χ2n) is 2.49. The first-order valence-corrected chi connectivity index (χ1v) is 3.50. The number of Topliss-reactive ketones (excluding diaryl/α,β-unsaturated/α-hetero) is 1. The van der Waals surface area contributed by atoms with Crippen LogP contribution in [0.25, 0.3) is 0 Å². The number of hydrogen-bond donors (Lipinski definition) is 0. The standard InChI is InChI=1S/C7H10N2O2/c1-6(10)7-4-11-3-2-9(7)5-8/h7H,2-4H2,1H3. The number of carbonyl (C=O) groups excluding carboxylic acids is 1. The van der Waals surface area contributed by atoms with E-state index in [1.807, 2.05) is 6.19 Å². The molecule has 1 unspecified atom stereocenters. The van der Waals surface area contributed by atoms with Crippen LogP contribution in [0.2, 0.25) is 0 Å². The Hall–Kier alpha value is -1.08. The Morgan fingerprint density at radius 2 is 2.55 bits per heavy atom. The highest BCUT2D eigenvalue weighted by molar-refractivity contribution is 5.81. The van der Waals surface area contributed by atoms with Gasteiger partial charge in [-0.25, -0.2) is 0 Å². The zero-order chi connectivity index (χ0) is 8.27. The highest BCUT2D eigenvalue weighted by Crippen LogP contribution is 2.05. The van der Waals surface area contributed by atoms with Crippen molar-refractivity contribution in [2.24, 2.45) is 0 Å². The Morgan fingerprint density at radius 1 is 1.82 bits per heavy atom. The molecule has 0 radical (unpaired) electrons. The van der Waals surface area contributed by atoms with Gasteiger partial charge >= 0.3 is 0 Å². The van der Waals surface area contributed by atoms with E-state index in [4.69, 9.17) is 10.00 Å². The highest BCUT2D eigenvalue weighted by Gasteiger charge is 2.25.